The van der Waals surface area contributed by atoms with Crippen molar-refractivity contribution in [2.45, 2.75) is 38.1 Å². The molecule has 8 heteroatoms. The van der Waals surface area contributed by atoms with Crippen molar-refractivity contribution in [1.29, 1.82) is 5.41 Å². The number of hydrogen-bond acceptors (Lipinski definition) is 6. The van der Waals surface area contributed by atoms with Gasteiger partial charge in [-0.3, -0.25) is 10.2 Å². The number of rotatable bonds is 6. The van der Waals surface area contributed by atoms with Gasteiger partial charge in [0.1, 0.15) is 11.7 Å². The van der Waals surface area contributed by atoms with Gasteiger partial charge in [-0.2, -0.15) is 0 Å². The summed E-state index contributed by atoms with van der Waals surface area (Å²) in [6, 6.07) is 11.6. The van der Waals surface area contributed by atoms with Gasteiger partial charge in [-0.1, -0.05) is 24.3 Å². The molecule has 1 aliphatic rings. The zero-order chi connectivity index (χ0) is 19.2. The third-order valence-corrected chi connectivity index (χ3v) is 5.04. The van der Waals surface area contributed by atoms with Crippen LogP contribution in [0.15, 0.2) is 36.4 Å². The van der Waals surface area contributed by atoms with Gasteiger partial charge in [-0.15, -0.1) is 22.6 Å². The molecule has 0 radical (unpaired) electrons. The second-order valence-electron chi connectivity index (χ2n) is 6.94. The van der Waals surface area contributed by atoms with Crippen molar-refractivity contribution in [3.05, 3.63) is 42.0 Å². The molecule has 1 aromatic heterocycles. The minimum Gasteiger partial charge on any atom is -0.469 e. The lowest BCUT2D eigenvalue weighted by atomic mass is 9.84. The van der Waals surface area contributed by atoms with Crippen molar-refractivity contribution >= 4 is 30.0 Å². The Labute approximate surface area is 171 Å². The van der Waals surface area contributed by atoms with Crippen LogP contribution in [0.25, 0.3) is 11.3 Å². The molecule has 7 nitrogen and oxygen atoms in total. The van der Waals surface area contributed by atoms with E-state index in [0.29, 0.717) is 23.9 Å². The van der Waals surface area contributed by atoms with Gasteiger partial charge >= 0.3 is 5.97 Å². The molecular formula is C20H26ClN5O2. The van der Waals surface area contributed by atoms with E-state index in [1.165, 1.54) is 7.11 Å². The smallest absolute Gasteiger partial charge is 0.305 e. The van der Waals surface area contributed by atoms with Crippen LogP contribution in [0.1, 0.15) is 37.7 Å². The Morgan fingerprint density at radius 1 is 1.14 bits per heavy atom. The Bertz CT molecular complexity index is 787. The summed E-state index contributed by atoms with van der Waals surface area (Å²) in [6.45, 7) is 0. The van der Waals surface area contributed by atoms with Crippen molar-refractivity contribution in [2.24, 2.45) is 11.7 Å². The second kappa shape index (κ2) is 10.0. The molecule has 1 aromatic carbocycles. The summed E-state index contributed by atoms with van der Waals surface area (Å²) >= 11 is 0. The molecule has 0 unspecified atom stereocenters. The number of esters is 1. The number of nitrogen functional groups attached to an aromatic ring is 1. The van der Waals surface area contributed by atoms with Crippen molar-refractivity contribution in [2.75, 3.05) is 12.4 Å². The Morgan fingerprint density at radius 3 is 2.36 bits per heavy atom. The average molecular weight is 404 g/mol. The van der Waals surface area contributed by atoms with Gasteiger partial charge in [0.25, 0.3) is 0 Å². The van der Waals surface area contributed by atoms with Gasteiger partial charge < -0.3 is 15.8 Å². The summed E-state index contributed by atoms with van der Waals surface area (Å²) in [5.74, 6) is 1.11. The molecule has 1 fully saturated rings. The van der Waals surface area contributed by atoms with E-state index in [1.54, 1.807) is 12.1 Å². The number of amidine groups is 1. The van der Waals surface area contributed by atoms with Crippen LogP contribution in [0.4, 0.5) is 5.82 Å². The maximum atomic E-state index is 11.4. The summed E-state index contributed by atoms with van der Waals surface area (Å²) in [6.07, 6.45) is 4.57. The normalized spacial score (nSPS) is 18.6. The highest BCUT2D eigenvalue weighted by Gasteiger charge is 2.23. The highest BCUT2D eigenvalue weighted by molar-refractivity contribution is 5.95. The van der Waals surface area contributed by atoms with Crippen LogP contribution >= 0.6 is 12.4 Å². The number of carbonyl (C=O) groups is 1. The number of carbonyl (C=O) groups excluding carboxylic acids is 1. The molecule has 1 heterocycles. The number of ether oxygens (including phenoxy) is 1. The SMILES string of the molecule is COC(=O)CC1CCC(Nc2ccc(-c3ccc(C(=N)N)cc3)nn2)CC1.Cl. The summed E-state index contributed by atoms with van der Waals surface area (Å²) in [5.41, 5.74) is 7.87. The number of methoxy groups -OCH3 is 1. The van der Waals surface area contributed by atoms with Gasteiger partial charge in [0.2, 0.25) is 0 Å². The number of benzene rings is 1. The first-order valence-electron chi connectivity index (χ1n) is 9.17. The average Bonchev–Trinajstić information content (AvgIpc) is 2.70. The molecule has 0 bridgehead atoms. The summed E-state index contributed by atoms with van der Waals surface area (Å²) in [5, 5.41) is 19.5. The predicted molar refractivity (Wildman–Crippen MR) is 112 cm³/mol. The molecule has 28 heavy (non-hydrogen) atoms. The Kier molecular flexibility index (Phi) is 7.75. The van der Waals surface area contributed by atoms with Crippen LogP contribution in [0, 0.1) is 11.3 Å². The van der Waals surface area contributed by atoms with E-state index in [9.17, 15) is 4.79 Å². The first kappa shape index (κ1) is 21.6. The number of anilines is 1. The zero-order valence-electron chi connectivity index (χ0n) is 15.9. The number of nitrogens with one attached hydrogen (secondary N) is 2. The van der Waals surface area contributed by atoms with Crippen molar-refractivity contribution in [3.63, 3.8) is 0 Å². The minimum atomic E-state index is -0.121. The van der Waals surface area contributed by atoms with E-state index in [2.05, 4.69) is 15.5 Å². The van der Waals surface area contributed by atoms with Crippen LogP contribution < -0.4 is 11.1 Å². The fourth-order valence-electron chi connectivity index (χ4n) is 3.42. The number of nitrogens with zero attached hydrogens (tertiary/aromatic N) is 2. The van der Waals surface area contributed by atoms with Crippen molar-refractivity contribution < 1.29 is 9.53 Å². The largest absolute Gasteiger partial charge is 0.469 e. The molecule has 0 saturated heterocycles. The van der Waals surface area contributed by atoms with E-state index >= 15 is 0 Å². The third kappa shape index (κ3) is 5.66. The highest BCUT2D eigenvalue weighted by Crippen LogP contribution is 2.29. The quantitative estimate of drug-likeness (QED) is 0.387. The Morgan fingerprint density at radius 2 is 1.82 bits per heavy atom. The van der Waals surface area contributed by atoms with Crippen LogP contribution in [-0.4, -0.2) is 35.2 Å². The Hall–Kier alpha value is -2.67. The van der Waals surface area contributed by atoms with Crippen LogP contribution in [0.3, 0.4) is 0 Å². The third-order valence-electron chi connectivity index (χ3n) is 5.04. The molecule has 0 amide bonds. The van der Waals surface area contributed by atoms with Crippen molar-refractivity contribution in [1.82, 2.24) is 10.2 Å². The molecule has 150 valence electrons. The molecule has 1 saturated carbocycles. The maximum Gasteiger partial charge on any atom is 0.305 e. The highest BCUT2D eigenvalue weighted by atomic mass is 35.5. The van der Waals surface area contributed by atoms with E-state index < -0.39 is 0 Å². The first-order chi connectivity index (χ1) is 13.0. The van der Waals surface area contributed by atoms with E-state index in [0.717, 1.165) is 42.8 Å². The second-order valence-corrected chi connectivity index (χ2v) is 6.94. The molecular weight excluding hydrogens is 378 g/mol. The molecule has 0 spiro atoms. The molecule has 3 rings (SSSR count). The van der Waals surface area contributed by atoms with E-state index in [4.69, 9.17) is 15.9 Å². The van der Waals surface area contributed by atoms with Crippen LogP contribution in [0.2, 0.25) is 0 Å². The molecule has 1 aliphatic carbocycles. The minimum absolute atomic E-state index is 0. The summed E-state index contributed by atoms with van der Waals surface area (Å²) in [7, 11) is 1.44. The van der Waals surface area contributed by atoms with Gasteiger partial charge in [0.05, 0.1) is 12.8 Å². The molecule has 0 aliphatic heterocycles. The van der Waals surface area contributed by atoms with E-state index in [1.807, 2.05) is 24.3 Å². The van der Waals surface area contributed by atoms with Gasteiger partial charge in [-0.05, 0) is 43.7 Å². The Balaban J connectivity index is 0.00000280. The summed E-state index contributed by atoms with van der Waals surface area (Å²) < 4.78 is 4.75. The fraction of sp³-hybridized carbons (Fsp3) is 0.400. The number of nitrogens with two attached hydrogens (primary N) is 1. The lowest BCUT2D eigenvalue weighted by molar-refractivity contribution is -0.142. The molecule has 2 aromatic rings. The number of aromatic nitrogens is 2. The maximum absolute atomic E-state index is 11.4. The number of halogens is 1. The van der Waals surface area contributed by atoms with Gasteiger partial charge in [0.15, 0.2) is 0 Å². The fourth-order valence-corrected chi connectivity index (χ4v) is 3.42. The lowest BCUT2D eigenvalue weighted by Crippen LogP contribution is -2.27. The summed E-state index contributed by atoms with van der Waals surface area (Å²) in [4.78, 5) is 11.4. The van der Waals surface area contributed by atoms with Crippen LogP contribution in [-0.2, 0) is 9.53 Å². The zero-order valence-corrected chi connectivity index (χ0v) is 16.7. The van der Waals surface area contributed by atoms with Gasteiger partial charge in [-0.25, -0.2) is 0 Å². The number of hydrogen-bond donors (Lipinski definition) is 3. The molecule has 4 N–H and O–H groups in total. The lowest BCUT2D eigenvalue weighted by Gasteiger charge is -2.28. The standard InChI is InChI=1S/C20H25N5O2.ClH/c1-27-19(26)12-13-2-8-16(9-3-13)23-18-11-10-17(24-25-18)14-4-6-15(7-5-14)20(21)22;/h4-7,10-11,13,16H,2-3,8-9,12H2,1H3,(H3,21,22)(H,23,25);1H. The first-order valence-corrected chi connectivity index (χ1v) is 9.17. The topological polar surface area (TPSA) is 114 Å². The predicted octanol–water partition coefficient (Wildman–Crippen LogP) is 3.38. The monoisotopic (exact) mass is 403 g/mol. The van der Waals surface area contributed by atoms with Crippen molar-refractivity contribution in [3.8, 4) is 11.3 Å². The van der Waals surface area contributed by atoms with Crippen LogP contribution in [0.5, 0.6) is 0 Å². The van der Waals surface area contributed by atoms with Gasteiger partial charge in [0, 0.05) is 23.6 Å². The molecule has 0 atom stereocenters. The van der Waals surface area contributed by atoms with E-state index in [-0.39, 0.29) is 24.2 Å².